The first-order valence-electron chi connectivity index (χ1n) is 9.81. The number of para-hydroxylation sites is 1. The minimum Gasteiger partial charge on any atom is -0.484 e. The van der Waals surface area contributed by atoms with Crippen molar-refractivity contribution < 1.29 is 13.9 Å². The van der Waals surface area contributed by atoms with Crippen LogP contribution in [0, 0.1) is 0 Å². The number of amides is 1. The number of hydrogen-bond donors (Lipinski definition) is 0. The van der Waals surface area contributed by atoms with Crippen molar-refractivity contribution in [1.82, 2.24) is 9.80 Å². The van der Waals surface area contributed by atoms with E-state index < -0.39 is 0 Å². The summed E-state index contributed by atoms with van der Waals surface area (Å²) >= 11 is 9.71. The Hall–Kier alpha value is -2.28. The molecule has 1 amide bonds. The van der Waals surface area contributed by atoms with Gasteiger partial charge in [0.15, 0.2) is 5.76 Å². The minimum atomic E-state index is -0.0838. The van der Waals surface area contributed by atoms with E-state index >= 15 is 0 Å². The van der Waals surface area contributed by atoms with Gasteiger partial charge in [0.25, 0.3) is 5.91 Å². The standard InChI is InChI=1S/C23H22BrClN2O3/c24-19-6-2-4-8-21(19)29-16-18-9-10-22(30-18)23(28)27-13-11-26(12-14-27)15-17-5-1-3-7-20(17)25/h1-10H,11-16H2. The van der Waals surface area contributed by atoms with Crippen LogP contribution in [0.1, 0.15) is 21.9 Å². The highest BCUT2D eigenvalue weighted by atomic mass is 79.9. The number of carbonyl (C=O) groups excluding carboxylic acids is 1. The Labute approximate surface area is 189 Å². The Bertz CT molecular complexity index is 1010. The molecule has 1 aromatic heterocycles. The summed E-state index contributed by atoms with van der Waals surface area (Å²) in [6.45, 7) is 3.98. The molecule has 0 bridgehead atoms. The van der Waals surface area contributed by atoms with Crippen LogP contribution in [0.3, 0.4) is 0 Å². The lowest BCUT2D eigenvalue weighted by atomic mass is 10.2. The Morgan fingerprint density at radius 2 is 1.73 bits per heavy atom. The van der Waals surface area contributed by atoms with Crippen LogP contribution in [0.4, 0.5) is 0 Å². The number of piperazine rings is 1. The van der Waals surface area contributed by atoms with Gasteiger partial charge in [0, 0.05) is 37.7 Å². The first-order chi connectivity index (χ1) is 14.6. The van der Waals surface area contributed by atoms with E-state index in [1.54, 1.807) is 12.1 Å². The Morgan fingerprint density at radius 1 is 1.00 bits per heavy atom. The Morgan fingerprint density at radius 3 is 2.50 bits per heavy atom. The van der Waals surface area contributed by atoms with Crippen LogP contribution in [0.5, 0.6) is 5.75 Å². The second-order valence-corrected chi connectivity index (χ2v) is 8.41. The number of benzene rings is 2. The number of nitrogens with zero attached hydrogens (tertiary/aromatic N) is 2. The molecule has 0 N–H and O–H groups in total. The van der Waals surface area contributed by atoms with Crippen molar-refractivity contribution in [3.05, 3.63) is 87.2 Å². The van der Waals surface area contributed by atoms with Crippen LogP contribution in [0.25, 0.3) is 0 Å². The second kappa shape index (κ2) is 9.69. The lowest BCUT2D eigenvalue weighted by Gasteiger charge is -2.34. The maximum atomic E-state index is 12.8. The van der Waals surface area contributed by atoms with Crippen LogP contribution in [0.15, 0.2) is 69.6 Å². The Kier molecular flexibility index (Phi) is 6.77. The summed E-state index contributed by atoms with van der Waals surface area (Å²) < 4.78 is 12.4. The summed E-state index contributed by atoms with van der Waals surface area (Å²) in [4.78, 5) is 16.9. The molecular formula is C23H22BrClN2O3. The number of hydrogen-bond acceptors (Lipinski definition) is 4. The van der Waals surface area contributed by atoms with Crippen LogP contribution in [0.2, 0.25) is 5.02 Å². The van der Waals surface area contributed by atoms with Gasteiger partial charge in [0.05, 0.1) is 4.47 Å². The highest BCUT2D eigenvalue weighted by Crippen LogP contribution is 2.25. The number of halogens is 2. The normalized spacial score (nSPS) is 14.7. The van der Waals surface area contributed by atoms with Crippen LogP contribution in [-0.4, -0.2) is 41.9 Å². The van der Waals surface area contributed by atoms with Gasteiger partial charge >= 0.3 is 0 Å². The van der Waals surface area contributed by atoms with Crippen LogP contribution < -0.4 is 4.74 Å². The van der Waals surface area contributed by atoms with Gasteiger partial charge in [0.1, 0.15) is 18.1 Å². The first-order valence-corrected chi connectivity index (χ1v) is 11.0. The van der Waals surface area contributed by atoms with Gasteiger partial charge in [-0.3, -0.25) is 9.69 Å². The van der Waals surface area contributed by atoms with Crippen LogP contribution >= 0.6 is 27.5 Å². The van der Waals surface area contributed by atoms with E-state index in [9.17, 15) is 4.79 Å². The van der Waals surface area contributed by atoms with E-state index in [-0.39, 0.29) is 12.5 Å². The van der Waals surface area contributed by atoms with Gasteiger partial charge < -0.3 is 14.1 Å². The smallest absolute Gasteiger partial charge is 0.289 e. The Balaban J connectivity index is 1.29. The van der Waals surface area contributed by atoms with Crippen molar-refractivity contribution >= 4 is 33.4 Å². The number of carbonyl (C=O) groups is 1. The molecule has 0 aliphatic carbocycles. The monoisotopic (exact) mass is 488 g/mol. The van der Waals surface area contributed by atoms with Gasteiger partial charge in [-0.05, 0) is 51.8 Å². The van der Waals surface area contributed by atoms with E-state index in [4.69, 9.17) is 20.8 Å². The molecule has 7 heteroatoms. The van der Waals surface area contributed by atoms with Crippen molar-refractivity contribution in [2.45, 2.75) is 13.2 Å². The molecule has 3 aromatic rings. The predicted molar refractivity (Wildman–Crippen MR) is 120 cm³/mol. The van der Waals surface area contributed by atoms with E-state index in [1.807, 2.05) is 53.4 Å². The third-order valence-electron chi connectivity index (χ3n) is 5.09. The summed E-state index contributed by atoms with van der Waals surface area (Å²) in [6.07, 6.45) is 0. The topological polar surface area (TPSA) is 45.9 Å². The summed E-state index contributed by atoms with van der Waals surface area (Å²) in [5, 5.41) is 0.781. The molecule has 0 atom stereocenters. The zero-order valence-corrected chi connectivity index (χ0v) is 18.7. The fourth-order valence-electron chi connectivity index (χ4n) is 3.41. The molecule has 30 heavy (non-hydrogen) atoms. The van der Waals surface area contributed by atoms with Gasteiger partial charge in [-0.2, -0.15) is 0 Å². The summed E-state index contributed by atoms with van der Waals surface area (Å²) in [5.74, 6) is 1.61. The average molecular weight is 490 g/mol. The van der Waals surface area contributed by atoms with E-state index in [1.165, 1.54) is 0 Å². The van der Waals surface area contributed by atoms with E-state index in [2.05, 4.69) is 20.8 Å². The summed E-state index contributed by atoms with van der Waals surface area (Å²) in [7, 11) is 0. The van der Waals surface area contributed by atoms with Crippen molar-refractivity contribution in [3.8, 4) is 5.75 Å². The van der Waals surface area contributed by atoms with Gasteiger partial charge in [-0.1, -0.05) is 41.9 Å². The lowest BCUT2D eigenvalue weighted by molar-refractivity contribution is 0.0594. The minimum absolute atomic E-state index is 0.0838. The largest absolute Gasteiger partial charge is 0.484 e. The molecule has 1 saturated heterocycles. The summed E-state index contributed by atoms with van der Waals surface area (Å²) in [6, 6.07) is 19.0. The molecule has 5 nitrogen and oxygen atoms in total. The molecule has 1 fully saturated rings. The number of furan rings is 1. The van der Waals surface area contributed by atoms with Crippen molar-refractivity contribution in [2.75, 3.05) is 26.2 Å². The van der Waals surface area contributed by atoms with Crippen molar-refractivity contribution in [3.63, 3.8) is 0 Å². The molecule has 0 unspecified atom stereocenters. The zero-order chi connectivity index (χ0) is 20.9. The maximum Gasteiger partial charge on any atom is 0.289 e. The lowest BCUT2D eigenvalue weighted by Crippen LogP contribution is -2.48. The molecule has 2 aromatic carbocycles. The van der Waals surface area contributed by atoms with Gasteiger partial charge in [-0.15, -0.1) is 0 Å². The first kappa shape index (κ1) is 21.0. The highest BCUT2D eigenvalue weighted by Gasteiger charge is 2.24. The summed E-state index contributed by atoms with van der Waals surface area (Å²) in [5.41, 5.74) is 1.11. The fraction of sp³-hybridized carbons (Fsp3) is 0.261. The highest BCUT2D eigenvalue weighted by molar-refractivity contribution is 9.10. The molecule has 2 heterocycles. The predicted octanol–water partition coefficient (Wildman–Crippen LogP) is 5.23. The maximum absolute atomic E-state index is 12.8. The van der Waals surface area contributed by atoms with E-state index in [0.717, 1.165) is 40.4 Å². The molecule has 4 rings (SSSR count). The second-order valence-electron chi connectivity index (χ2n) is 7.14. The molecular weight excluding hydrogens is 468 g/mol. The molecule has 1 aliphatic heterocycles. The fourth-order valence-corrected chi connectivity index (χ4v) is 4.01. The molecule has 1 aliphatic rings. The van der Waals surface area contributed by atoms with Crippen LogP contribution in [-0.2, 0) is 13.2 Å². The van der Waals surface area contributed by atoms with Gasteiger partial charge in [-0.25, -0.2) is 0 Å². The quantitative estimate of drug-likeness (QED) is 0.475. The SMILES string of the molecule is O=C(c1ccc(COc2ccccc2Br)o1)N1CCN(Cc2ccccc2Cl)CC1. The van der Waals surface area contributed by atoms with Gasteiger partial charge in [0.2, 0.25) is 0 Å². The molecule has 0 spiro atoms. The molecule has 0 saturated carbocycles. The van der Waals surface area contributed by atoms with Crippen molar-refractivity contribution in [1.29, 1.82) is 0 Å². The van der Waals surface area contributed by atoms with E-state index in [0.29, 0.717) is 24.6 Å². The zero-order valence-electron chi connectivity index (χ0n) is 16.4. The third kappa shape index (κ3) is 5.06. The van der Waals surface area contributed by atoms with Crippen molar-refractivity contribution in [2.24, 2.45) is 0 Å². The number of ether oxygens (including phenoxy) is 1. The molecule has 0 radical (unpaired) electrons. The average Bonchev–Trinajstić information content (AvgIpc) is 3.24. The molecule has 156 valence electrons. The third-order valence-corrected chi connectivity index (χ3v) is 6.11. The number of rotatable bonds is 6.